The second-order valence-corrected chi connectivity index (χ2v) is 6.82. The van der Waals surface area contributed by atoms with Crippen LogP contribution in [0, 0.1) is 0 Å². The summed E-state index contributed by atoms with van der Waals surface area (Å²) in [7, 11) is 0. The molecule has 1 N–H and O–H groups in total. The maximum Gasteiger partial charge on any atom is 0.261 e. The number of amides is 1. The van der Waals surface area contributed by atoms with E-state index in [9.17, 15) is 9.59 Å². The summed E-state index contributed by atoms with van der Waals surface area (Å²) in [5, 5.41) is 2.84. The number of hydrogen-bond donors (Lipinski definition) is 1. The highest BCUT2D eigenvalue weighted by Gasteiger charge is 2.53. The molecule has 1 amide bonds. The summed E-state index contributed by atoms with van der Waals surface area (Å²) in [4.78, 5) is 25.0. The van der Waals surface area contributed by atoms with Crippen LogP contribution in [0.2, 0.25) is 0 Å². The number of anilines is 1. The zero-order valence-electron chi connectivity index (χ0n) is 12.2. The van der Waals surface area contributed by atoms with Crippen LogP contribution in [0.3, 0.4) is 0 Å². The largest absolute Gasteiger partial charge is 0.351 e. The average Bonchev–Trinajstić information content (AvgIpc) is 2.80. The molecule has 0 aliphatic carbocycles. The van der Waals surface area contributed by atoms with Crippen molar-refractivity contribution in [2.45, 2.75) is 24.5 Å². The minimum Gasteiger partial charge on any atom is -0.351 e. The molecule has 0 bridgehead atoms. The fourth-order valence-corrected chi connectivity index (χ4v) is 3.70. The molecule has 2 aromatic rings. The van der Waals surface area contributed by atoms with E-state index in [4.69, 9.17) is 4.74 Å². The Morgan fingerprint density at radius 3 is 2.70 bits per heavy atom. The van der Waals surface area contributed by atoms with Crippen LogP contribution in [0.25, 0.3) is 0 Å². The summed E-state index contributed by atoms with van der Waals surface area (Å²) < 4.78 is 7.08. The number of carbonyl (C=O) groups is 2. The van der Waals surface area contributed by atoms with Crippen LogP contribution < -0.4 is 5.32 Å². The van der Waals surface area contributed by atoms with Gasteiger partial charge in [0.05, 0.1) is 6.10 Å². The van der Waals surface area contributed by atoms with Gasteiger partial charge in [0.1, 0.15) is 5.78 Å². The van der Waals surface area contributed by atoms with Crippen LogP contribution in [-0.2, 0) is 19.9 Å². The molecule has 1 saturated heterocycles. The fraction of sp³-hybridized carbons (Fsp3) is 0.222. The maximum atomic E-state index is 12.6. The Hall–Kier alpha value is -1.98. The van der Waals surface area contributed by atoms with E-state index in [2.05, 4.69) is 21.2 Å². The minimum absolute atomic E-state index is 0.0353. The average molecular weight is 372 g/mol. The zero-order chi connectivity index (χ0) is 16.0. The summed E-state index contributed by atoms with van der Waals surface area (Å²) in [6.07, 6.45) is -0.0401. The third-order valence-corrected chi connectivity index (χ3v) is 4.90. The van der Waals surface area contributed by atoms with Gasteiger partial charge in [-0.1, -0.05) is 46.3 Å². The summed E-state index contributed by atoms with van der Waals surface area (Å²) in [5.41, 5.74) is 1.12. The van der Waals surface area contributed by atoms with E-state index in [0.29, 0.717) is 12.1 Å². The van der Waals surface area contributed by atoms with E-state index in [1.807, 2.05) is 48.5 Å². The normalized spacial score (nSPS) is 26.2. The van der Waals surface area contributed by atoms with Gasteiger partial charge < -0.3 is 10.1 Å². The second kappa shape index (κ2) is 5.28. The number of ketones is 1. The highest BCUT2D eigenvalue weighted by Crippen LogP contribution is 2.48. The van der Waals surface area contributed by atoms with E-state index in [0.717, 1.165) is 15.6 Å². The first-order valence-electron chi connectivity index (χ1n) is 7.44. The predicted octanol–water partition coefficient (Wildman–Crippen LogP) is 3.72. The molecule has 2 aliphatic rings. The molecule has 23 heavy (non-hydrogen) atoms. The van der Waals surface area contributed by atoms with Gasteiger partial charge in [0.2, 0.25) is 0 Å². The monoisotopic (exact) mass is 371 g/mol. The Morgan fingerprint density at radius 2 is 1.91 bits per heavy atom. The number of rotatable bonds is 1. The van der Waals surface area contributed by atoms with E-state index >= 15 is 0 Å². The SMILES string of the molecule is O=C1C[C@H](c2ccccc2)O[C@]2(C1)C(=O)Nc1ccc(Br)cc12. The van der Waals surface area contributed by atoms with Crippen LogP contribution in [0.15, 0.2) is 53.0 Å². The molecule has 2 heterocycles. The van der Waals surface area contributed by atoms with Crippen molar-refractivity contribution >= 4 is 33.3 Å². The third kappa shape index (κ3) is 2.31. The van der Waals surface area contributed by atoms with Gasteiger partial charge >= 0.3 is 0 Å². The molecule has 0 unspecified atom stereocenters. The highest BCUT2D eigenvalue weighted by molar-refractivity contribution is 9.10. The summed E-state index contributed by atoms with van der Waals surface area (Å²) in [6, 6.07) is 15.1. The molecule has 116 valence electrons. The predicted molar refractivity (Wildman–Crippen MR) is 89.0 cm³/mol. The highest BCUT2D eigenvalue weighted by atomic mass is 79.9. The molecule has 0 saturated carbocycles. The number of benzene rings is 2. The van der Waals surface area contributed by atoms with Crippen molar-refractivity contribution in [3.63, 3.8) is 0 Å². The summed E-state index contributed by atoms with van der Waals surface area (Å²) in [6.45, 7) is 0. The number of nitrogens with one attached hydrogen (secondary N) is 1. The van der Waals surface area contributed by atoms with Crippen molar-refractivity contribution < 1.29 is 14.3 Å². The number of halogens is 1. The molecular formula is C18H14BrNO3. The molecule has 2 atom stereocenters. The molecule has 4 rings (SSSR count). The van der Waals surface area contributed by atoms with E-state index in [-0.39, 0.29) is 18.1 Å². The molecule has 0 radical (unpaired) electrons. The quantitative estimate of drug-likeness (QED) is 0.830. The Bertz CT molecular complexity index is 805. The molecule has 1 spiro atoms. The van der Waals surface area contributed by atoms with E-state index in [1.54, 1.807) is 0 Å². The van der Waals surface area contributed by atoms with Gasteiger partial charge in [-0.2, -0.15) is 0 Å². The van der Waals surface area contributed by atoms with Gasteiger partial charge in [0.25, 0.3) is 5.91 Å². The first-order chi connectivity index (χ1) is 11.1. The maximum absolute atomic E-state index is 12.6. The molecule has 0 aromatic heterocycles. The van der Waals surface area contributed by atoms with Gasteiger partial charge in [0, 0.05) is 28.6 Å². The lowest BCUT2D eigenvalue weighted by molar-refractivity contribution is -0.170. The minimum atomic E-state index is -1.23. The Balaban J connectivity index is 1.80. The van der Waals surface area contributed by atoms with Gasteiger partial charge in [-0.25, -0.2) is 0 Å². The molecule has 2 aliphatic heterocycles. The molecular weight excluding hydrogens is 358 g/mol. The number of Topliss-reactive ketones (excluding diaryl/α,β-unsaturated/α-hetero) is 1. The van der Waals surface area contributed by atoms with Gasteiger partial charge in [-0.05, 0) is 23.8 Å². The van der Waals surface area contributed by atoms with Crippen LogP contribution in [-0.4, -0.2) is 11.7 Å². The van der Waals surface area contributed by atoms with Crippen LogP contribution in [0.4, 0.5) is 5.69 Å². The Labute approximate surface area is 142 Å². The number of ether oxygens (including phenoxy) is 1. The van der Waals surface area contributed by atoms with Crippen molar-refractivity contribution in [3.8, 4) is 0 Å². The van der Waals surface area contributed by atoms with Crippen LogP contribution >= 0.6 is 15.9 Å². The standard InChI is InChI=1S/C18H14BrNO3/c19-12-6-7-15-14(8-12)18(17(22)20-15)10-13(21)9-16(23-18)11-4-2-1-3-5-11/h1-8,16H,9-10H2,(H,20,22)/t16-,18+/m1/s1. The number of carbonyl (C=O) groups excluding carboxylic acids is 2. The molecule has 5 heteroatoms. The number of hydrogen-bond acceptors (Lipinski definition) is 3. The molecule has 4 nitrogen and oxygen atoms in total. The first kappa shape index (κ1) is 14.6. The Morgan fingerprint density at radius 1 is 1.13 bits per heavy atom. The van der Waals surface area contributed by atoms with Crippen LogP contribution in [0.1, 0.15) is 30.1 Å². The molecule has 2 aromatic carbocycles. The van der Waals surface area contributed by atoms with Gasteiger partial charge in [-0.15, -0.1) is 0 Å². The van der Waals surface area contributed by atoms with Crippen molar-refractivity contribution in [3.05, 3.63) is 64.1 Å². The number of fused-ring (bicyclic) bond motifs is 2. The van der Waals surface area contributed by atoms with Crippen molar-refractivity contribution in [2.24, 2.45) is 0 Å². The lowest BCUT2D eigenvalue weighted by Gasteiger charge is -2.36. The van der Waals surface area contributed by atoms with Crippen LogP contribution in [0.5, 0.6) is 0 Å². The van der Waals surface area contributed by atoms with Gasteiger partial charge in [-0.3, -0.25) is 9.59 Å². The van der Waals surface area contributed by atoms with Crippen molar-refractivity contribution in [1.82, 2.24) is 0 Å². The topological polar surface area (TPSA) is 55.4 Å². The van der Waals surface area contributed by atoms with E-state index in [1.165, 1.54) is 0 Å². The van der Waals surface area contributed by atoms with Crippen molar-refractivity contribution in [2.75, 3.05) is 5.32 Å². The summed E-state index contributed by atoms with van der Waals surface area (Å²) in [5.74, 6) is -0.229. The summed E-state index contributed by atoms with van der Waals surface area (Å²) >= 11 is 3.43. The van der Waals surface area contributed by atoms with Crippen molar-refractivity contribution in [1.29, 1.82) is 0 Å². The van der Waals surface area contributed by atoms with Gasteiger partial charge in [0.15, 0.2) is 5.60 Å². The first-order valence-corrected chi connectivity index (χ1v) is 8.24. The third-order valence-electron chi connectivity index (χ3n) is 4.41. The van der Waals surface area contributed by atoms with E-state index < -0.39 is 11.7 Å². The lowest BCUT2D eigenvalue weighted by Crippen LogP contribution is -2.44. The smallest absolute Gasteiger partial charge is 0.261 e. The molecule has 1 fully saturated rings. The lowest BCUT2D eigenvalue weighted by atomic mass is 9.84. The Kier molecular flexibility index (Phi) is 3.36. The zero-order valence-corrected chi connectivity index (χ0v) is 13.8. The second-order valence-electron chi connectivity index (χ2n) is 5.91. The fourth-order valence-electron chi connectivity index (χ4n) is 3.33.